The molecule has 0 bridgehead atoms. The molecule has 0 radical (unpaired) electrons. The second kappa shape index (κ2) is 6.30. The van der Waals surface area contributed by atoms with Crippen LogP contribution in [0.5, 0.6) is 0 Å². The van der Waals surface area contributed by atoms with Gasteiger partial charge < -0.3 is 0 Å². The standard InChI is InChI=1S/C24H19NO2S/c1-16-5-12-21(13-6-16)28(26,27)25-15-20-10-9-19-8-7-17-3-2-4-18-11-14-22(20)24(19)23(17)18/h2-14,25H,15H2,1H3. The first-order valence-corrected chi connectivity index (χ1v) is 10.7. The smallest absolute Gasteiger partial charge is 0.207 e. The topological polar surface area (TPSA) is 46.2 Å². The number of hydrogen-bond donors (Lipinski definition) is 1. The quantitative estimate of drug-likeness (QED) is 0.423. The van der Waals surface area contributed by atoms with Crippen molar-refractivity contribution in [2.45, 2.75) is 18.4 Å². The molecular formula is C24H19NO2S. The van der Waals surface area contributed by atoms with Crippen molar-refractivity contribution in [3.63, 3.8) is 0 Å². The minimum absolute atomic E-state index is 0.254. The van der Waals surface area contributed by atoms with Crippen LogP contribution >= 0.6 is 0 Å². The lowest BCUT2D eigenvalue weighted by molar-refractivity contribution is 0.581. The van der Waals surface area contributed by atoms with Crippen molar-refractivity contribution in [2.75, 3.05) is 0 Å². The molecule has 0 unspecified atom stereocenters. The van der Waals surface area contributed by atoms with E-state index in [1.165, 1.54) is 26.9 Å². The van der Waals surface area contributed by atoms with Crippen LogP contribution in [0.2, 0.25) is 0 Å². The third kappa shape index (κ3) is 2.73. The van der Waals surface area contributed by atoms with E-state index in [0.29, 0.717) is 0 Å². The molecule has 28 heavy (non-hydrogen) atoms. The SMILES string of the molecule is Cc1ccc(S(=O)(=O)NCc2ccc3ccc4cccc5ccc2c3c45)cc1. The van der Waals surface area contributed by atoms with Crippen molar-refractivity contribution in [1.82, 2.24) is 4.72 Å². The minimum atomic E-state index is -3.55. The Labute approximate surface area is 164 Å². The van der Waals surface area contributed by atoms with E-state index in [2.05, 4.69) is 53.3 Å². The molecule has 0 fully saturated rings. The molecule has 5 aromatic rings. The second-order valence-electron chi connectivity index (χ2n) is 7.22. The van der Waals surface area contributed by atoms with Gasteiger partial charge in [0.05, 0.1) is 4.90 Å². The van der Waals surface area contributed by atoms with Crippen LogP contribution in [0.15, 0.2) is 83.8 Å². The molecule has 0 atom stereocenters. The predicted molar refractivity (Wildman–Crippen MR) is 115 cm³/mol. The zero-order valence-electron chi connectivity index (χ0n) is 15.4. The Morgan fingerprint density at radius 1 is 0.714 bits per heavy atom. The van der Waals surface area contributed by atoms with Gasteiger partial charge in [0.25, 0.3) is 0 Å². The van der Waals surface area contributed by atoms with Crippen LogP contribution in [0.3, 0.4) is 0 Å². The van der Waals surface area contributed by atoms with Crippen molar-refractivity contribution in [1.29, 1.82) is 0 Å². The van der Waals surface area contributed by atoms with E-state index >= 15 is 0 Å². The van der Waals surface area contributed by atoms with E-state index in [9.17, 15) is 8.42 Å². The summed E-state index contributed by atoms with van der Waals surface area (Å²) >= 11 is 0. The first kappa shape index (κ1) is 17.2. The van der Waals surface area contributed by atoms with Gasteiger partial charge in [0.2, 0.25) is 10.0 Å². The maximum Gasteiger partial charge on any atom is 0.240 e. The Balaban J connectivity index is 1.59. The van der Waals surface area contributed by atoms with Gasteiger partial charge in [-0.15, -0.1) is 0 Å². The average Bonchev–Trinajstić information content (AvgIpc) is 2.71. The molecule has 138 valence electrons. The van der Waals surface area contributed by atoms with E-state index in [1.54, 1.807) is 12.1 Å². The normalized spacial score (nSPS) is 12.3. The van der Waals surface area contributed by atoms with E-state index in [4.69, 9.17) is 0 Å². The van der Waals surface area contributed by atoms with Gasteiger partial charge in [-0.25, -0.2) is 13.1 Å². The van der Waals surface area contributed by atoms with E-state index in [1.807, 2.05) is 25.1 Å². The number of sulfonamides is 1. The summed E-state index contributed by atoms with van der Waals surface area (Å²) in [5.74, 6) is 0. The first-order chi connectivity index (χ1) is 13.5. The molecule has 0 aliphatic rings. The molecule has 3 nitrogen and oxygen atoms in total. The van der Waals surface area contributed by atoms with Gasteiger partial charge >= 0.3 is 0 Å². The first-order valence-electron chi connectivity index (χ1n) is 9.25. The minimum Gasteiger partial charge on any atom is -0.207 e. The highest BCUT2D eigenvalue weighted by molar-refractivity contribution is 7.89. The summed E-state index contributed by atoms with van der Waals surface area (Å²) in [6, 6.07) is 25.8. The summed E-state index contributed by atoms with van der Waals surface area (Å²) in [7, 11) is -3.55. The van der Waals surface area contributed by atoms with Crippen LogP contribution in [-0.2, 0) is 16.6 Å². The van der Waals surface area contributed by atoms with Crippen LogP contribution in [0.25, 0.3) is 32.3 Å². The lowest BCUT2D eigenvalue weighted by atomic mass is 9.92. The molecule has 0 aromatic heterocycles. The summed E-state index contributed by atoms with van der Waals surface area (Å²) in [4.78, 5) is 0.288. The molecule has 4 heteroatoms. The largest absolute Gasteiger partial charge is 0.240 e. The maximum absolute atomic E-state index is 12.7. The van der Waals surface area contributed by atoms with Gasteiger partial charge in [0.1, 0.15) is 0 Å². The number of nitrogens with one attached hydrogen (secondary N) is 1. The Hall–Kier alpha value is -2.95. The van der Waals surface area contributed by atoms with Crippen LogP contribution in [0, 0.1) is 6.92 Å². The molecule has 0 amide bonds. The molecule has 5 rings (SSSR count). The number of hydrogen-bond acceptors (Lipinski definition) is 2. The molecular weight excluding hydrogens is 366 g/mol. The molecule has 1 N–H and O–H groups in total. The van der Waals surface area contributed by atoms with Crippen LogP contribution in [-0.4, -0.2) is 8.42 Å². The van der Waals surface area contributed by atoms with Gasteiger partial charge in [-0.1, -0.05) is 72.3 Å². The summed E-state index contributed by atoms with van der Waals surface area (Å²) in [5, 5.41) is 7.10. The summed E-state index contributed by atoms with van der Waals surface area (Å²) < 4.78 is 28.1. The Morgan fingerprint density at radius 2 is 1.32 bits per heavy atom. The van der Waals surface area contributed by atoms with Crippen LogP contribution < -0.4 is 4.72 Å². The van der Waals surface area contributed by atoms with E-state index in [-0.39, 0.29) is 11.4 Å². The van der Waals surface area contributed by atoms with Crippen molar-refractivity contribution in [3.8, 4) is 0 Å². The Bertz CT molecular complexity index is 1400. The molecule has 0 spiro atoms. The molecule has 0 aliphatic heterocycles. The van der Waals surface area contributed by atoms with Gasteiger partial charge in [-0.3, -0.25) is 0 Å². The molecule has 5 aromatic carbocycles. The lowest BCUT2D eigenvalue weighted by Crippen LogP contribution is -2.23. The fourth-order valence-corrected chi connectivity index (χ4v) is 4.93. The summed E-state index contributed by atoms with van der Waals surface area (Å²) in [6.07, 6.45) is 0. The van der Waals surface area contributed by atoms with Crippen molar-refractivity contribution < 1.29 is 8.42 Å². The zero-order valence-corrected chi connectivity index (χ0v) is 16.3. The maximum atomic E-state index is 12.7. The summed E-state index contributed by atoms with van der Waals surface area (Å²) in [6.45, 7) is 2.19. The van der Waals surface area contributed by atoms with Gasteiger partial charge in [-0.05, 0) is 56.9 Å². The molecule has 0 aliphatic carbocycles. The third-order valence-electron chi connectivity index (χ3n) is 5.40. The monoisotopic (exact) mass is 385 g/mol. The summed E-state index contributed by atoms with van der Waals surface area (Å²) in [5.41, 5.74) is 2.01. The van der Waals surface area contributed by atoms with Crippen molar-refractivity contribution >= 4 is 42.3 Å². The predicted octanol–water partition coefficient (Wildman–Crippen LogP) is 5.37. The highest BCUT2D eigenvalue weighted by Crippen LogP contribution is 2.35. The lowest BCUT2D eigenvalue weighted by Gasteiger charge is -2.14. The molecule has 0 heterocycles. The highest BCUT2D eigenvalue weighted by atomic mass is 32.2. The Morgan fingerprint density at radius 3 is 2.04 bits per heavy atom. The highest BCUT2D eigenvalue weighted by Gasteiger charge is 2.15. The van der Waals surface area contributed by atoms with Crippen molar-refractivity contribution in [2.24, 2.45) is 0 Å². The van der Waals surface area contributed by atoms with Gasteiger partial charge in [0, 0.05) is 6.54 Å². The number of rotatable bonds is 4. The Kier molecular flexibility index (Phi) is 3.86. The average molecular weight is 385 g/mol. The second-order valence-corrected chi connectivity index (χ2v) is 8.99. The van der Waals surface area contributed by atoms with Gasteiger partial charge in [0.15, 0.2) is 0 Å². The zero-order chi connectivity index (χ0) is 19.3. The number of aryl methyl sites for hydroxylation is 1. The number of benzene rings is 5. The molecule has 0 saturated carbocycles. The molecule has 0 saturated heterocycles. The van der Waals surface area contributed by atoms with E-state index in [0.717, 1.165) is 16.5 Å². The van der Waals surface area contributed by atoms with Crippen LogP contribution in [0.1, 0.15) is 11.1 Å². The van der Waals surface area contributed by atoms with Crippen molar-refractivity contribution in [3.05, 3.63) is 90.0 Å². The van der Waals surface area contributed by atoms with Gasteiger partial charge in [-0.2, -0.15) is 0 Å². The fourth-order valence-electron chi connectivity index (χ4n) is 3.92. The van der Waals surface area contributed by atoms with Crippen LogP contribution in [0.4, 0.5) is 0 Å². The fraction of sp³-hybridized carbons (Fsp3) is 0.0833. The third-order valence-corrected chi connectivity index (χ3v) is 6.82. The van der Waals surface area contributed by atoms with E-state index < -0.39 is 10.0 Å².